The van der Waals surface area contributed by atoms with Crippen molar-refractivity contribution in [1.29, 1.82) is 0 Å². The van der Waals surface area contributed by atoms with E-state index in [1.165, 1.54) is 5.56 Å². The normalized spacial score (nSPS) is 12.1. The topological polar surface area (TPSA) is 59.4 Å². The van der Waals surface area contributed by atoms with E-state index in [9.17, 15) is 0 Å². The summed E-state index contributed by atoms with van der Waals surface area (Å²) in [6, 6.07) is 21.9. The highest BCUT2D eigenvalue weighted by molar-refractivity contribution is 6.42. The third-order valence-corrected chi connectivity index (χ3v) is 5.97. The summed E-state index contributed by atoms with van der Waals surface area (Å²) in [5.41, 5.74) is 11.1. The second-order valence-corrected chi connectivity index (χ2v) is 8.72. The number of benzene rings is 3. The zero-order chi connectivity index (χ0) is 22.7. The van der Waals surface area contributed by atoms with Crippen LogP contribution in [0.15, 0.2) is 71.7 Å². The molecule has 0 saturated carbocycles. The Bertz CT molecular complexity index is 1260. The first-order valence-electron chi connectivity index (χ1n) is 10.4. The predicted molar refractivity (Wildman–Crippen MR) is 135 cm³/mol. The Balaban J connectivity index is 1.79. The van der Waals surface area contributed by atoms with Gasteiger partial charge in [-0.05, 0) is 56.1 Å². The van der Waals surface area contributed by atoms with Crippen LogP contribution in [0.3, 0.4) is 0 Å². The molecule has 2 N–H and O–H groups in total. The first kappa shape index (κ1) is 22.3. The van der Waals surface area contributed by atoms with Crippen LogP contribution in [0.1, 0.15) is 11.1 Å². The first-order valence-corrected chi connectivity index (χ1v) is 11.1. The van der Waals surface area contributed by atoms with Crippen molar-refractivity contribution in [2.75, 3.05) is 27.2 Å². The Hall–Kier alpha value is -2.86. The highest BCUT2D eigenvalue weighted by atomic mass is 35.5. The summed E-state index contributed by atoms with van der Waals surface area (Å²) in [5.74, 6) is 1.34. The van der Waals surface area contributed by atoms with Crippen LogP contribution in [0.4, 0.5) is 0 Å². The summed E-state index contributed by atoms with van der Waals surface area (Å²) >= 11 is 12.5. The van der Waals surface area contributed by atoms with Crippen LogP contribution >= 0.6 is 23.2 Å². The van der Waals surface area contributed by atoms with Gasteiger partial charge in [0.05, 0.1) is 27.6 Å². The Kier molecular flexibility index (Phi) is 6.80. The van der Waals surface area contributed by atoms with E-state index in [2.05, 4.69) is 32.7 Å². The molecule has 0 amide bonds. The van der Waals surface area contributed by atoms with E-state index in [0.717, 1.165) is 34.5 Å². The molecule has 0 aliphatic heterocycles. The minimum atomic E-state index is 0.500. The van der Waals surface area contributed by atoms with Crippen LogP contribution in [0, 0.1) is 0 Å². The second kappa shape index (κ2) is 9.74. The van der Waals surface area contributed by atoms with Gasteiger partial charge in [-0.25, -0.2) is 4.98 Å². The van der Waals surface area contributed by atoms with E-state index < -0.39 is 0 Å². The Morgan fingerprint density at radius 3 is 2.50 bits per heavy atom. The third-order valence-electron chi connectivity index (χ3n) is 5.23. The highest BCUT2D eigenvalue weighted by Gasteiger charge is 2.15. The molecule has 4 rings (SSSR count). The zero-order valence-corrected chi connectivity index (χ0v) is 19.6. The maximum absolute atomic E-state index is 6.31. The SMILES string of the molecule is CN(C)CCN=C(N)c1ccc2c(c1)nc(-c1ccc(Cl)c(Cl)c1)n2Cc1ccccc1. The Labute approximate surface area is 198 Å². The number of nitrogens with zero attached hydrogens (tertiary/aromatic N) is 4. The van der Waals surface area contributed by atoms with Crippen molar-refractivity contribution >= 4 is 40.1 Å². The van der Waals surface area contributed by atoms with Gasteiger partial charge in [-0.3, -0.25) is 4.99 Å². The van der Waals surface area contributed by atoms with Crippen molar-refractivity contribution in [3.63, 3.8) is 0 Å². The van der Waals surface area contributed by atoms with Gasteiger partial charge in [0, 0.05) is 24.2 Å². The number of imidazole rings is 1. The van der Waals surface area contributed by atoms with E-state index >= 15 is 0 Å². The molecule has 0 aliphatic rings. The summed E-state index contributed by atoms with van der Waals surface area (Å²) in [6.45, 7) is 2.17. The van der Waals surface area contributed by atoms with Gasteiger partial charge in [0.1, 0.15) is 11.7 Å². The van der Waals surface area contributed by atoms with Crippen molar-refractivity contribution in [2.45, 2.75) is 6.54 Å². The minimum Gasteiger partial charge on any atom is -0.384 e. The number of aliphatic imine (C=N–C) groups is 1. The number of likely N-dealkylation sites (N-methyl/N-ethyl adjacent to an activating group) is 1. The first-order chi connectivity index (χ1) is 15.4. The molecule has 0 unspecified atom stereocenters. The molecule has 0 atom stereocenters. The number of hydrogen-bond acceptors (Lipinski definition) is 3. The molecule has 5 nitrogen and oxygen atoms in total. The number of rotatable bonds is 7. The van der Waals surface area contributed by atoms with Crippen LogP contribution in [0.25, 0.3) is 22.4 Å². The van der Waals surface area contributed by atoms with Gasteiger partial charge in [0.15, 0.2) is 0 Å². The molecular weight excluding hydrogens is 441 g/mol. The van der Waals surface area contributed by atoms with Gasteiger partial charge >= 0.3 is 0 Å². The van der Waals surface area contributed by atoms with Crippen molar-refractivity contribution in [1.82, 2.24) is 14.5 Å². The molecule has 1 aromatic heterocycles. The summed E-state index contributed by atoms with van der Waals surface area (Å²) in [5, 5.41) is 1.02. The van der Waals surface area contributed by atoms with Crippen LogP contribution < -0.4 is 5.73 Å². The Morgan fingerprint density at radius 2 is 1.78 bits per heavy atom. The van der Waals surface area contributed by atoms with Crippen molar-refractivity contribution in [3.8, 4) is 11.4 Å². The van der Waals surface area contributed by atoms with Gasteiger partial charge in [0.2, 0.25) is 0 Å². The van der Waals surface area contributed by atoms with Crippen LogP contribution in [-0.4, -0.2) is 47.5 Å². The van der Waals surface area contributed by atoms with Crippen LogP contribution in [-0.2, 0) is 6.54 Å². The van der Waals surface area contributed by atoms with Gasteiger partial charge in [-0.2, -0.15) is 0 Å². The van der Waals surface area contributed by atoms with Crippen LogP contribution in [0.5, 0.6) is 0 Å². The van der Waals surface area contributed by atoms with Crippen molar-refractivity contribution in [3.05, 3.63) is 87.9 Å². The molecule has 0 spiro atoms. The summed E-state index contributed by atoms with van der Waals surface area (Å²) in [7, 11) is 4.03. The summed E-state index contributed by atoms with van der Waals surface area (Å²) in [6.07, 6.45) is 0. The molecule has 0 aliphatic carbocycles. The average Bonchev–Trinajstić information content (AvgIpc) is 3.13. The molecule has 164 valence electrons. The van der Waals surface area contributed by atoms with E-state index in [0.29, 0.717) is 29.0 Å². The predicted octanol–water partition coefficient (Wildman–Crippen LogP) is 5.33. The maximum Gasteiger partial charge on any atom is 0.141 e. The molecule has 32 heavy (non-hydrogen) atoms. The van der Waals surface area contributed by atoms with Gasteiger partial charge in [-0.1, -0.05) is 53.5 Å². The quantitative estimate of drug-likeness (QED) is 0.296. The number of amidine groups is 1. The molecular formula is C25H25Cl2N5. The maximum atomic E-state index is 6.31. The lowest BCUT2D eigenvalue weighted by molar-refractivity contribution is 0.420. The van der Waals surface area contributed by atoms with Gasteiger partial charge in [-0.15, -0.1) is 0 Å². The number of aromatic nitrogens is 2. The van der Waals surface area contributed by atoms with Gasteiger partial charge in [0.25, 0.3) is 0 Å². The fraction of sp³-hybridized carbons (Fsp3) is 0.200. The third kappa shape index (κ3) is 4.96. The highest BCUT2D eigenvalue weighted by Crippen LogP contribution is 2.31. The second-order valence-electron chi connectivity index (χ2n) is 7.91. The lowest BCUT2D eigenvalue weighted by Gasteiger charge is -2.11. The molecule has 3 aromatic carbocycles. The number of hydrogen-bond donors (Lipinski definition) is 1. The summed E-state index contributed by atoms with van der Waals surface area (Å²) < 4.78 is 2.19. The average molecular weight is 466 g/mol. The molecule has 7 heteroatoms. The zero-order valence-electron chi connectivity index (χ0n) is 18.1. The molecule has 4 aromatic rings. The minimum absolute atomic E-state index is 0.500. The van der Waals surface area contributed by atoms with E-state index in [4.69, 9.17) is 33.9 Å². The van der Waals surface area contributed by atoms with Gasteiger partial charge < -0.3 is 15.2 Å². The summed E-state index contributed by atoms with van der Waals surface area (Å²) in [4.78, 5) is 11.5. The molecule has 0 radical (unpaired) electrons. The smallest absolute Gasteiger partial charge is 0.141 e. The fourth-order valence-corrected chi connectivity index (χ4v) is 3.83. The van der Waals surface area contributed by atoms with Crippen molar-refractivity contribution in [2.24, 2.45) is 10.7 Å². The number of nitrogens with two attached hydrogens (primary N) is 1. The monoisotopic (exact) mass is 465 g/mol. The molecule has 0 bridgehead atoms. The Morgan fingerprint density at radius 1 is 1.00 bits per heavy atom. The fourth-order valence-electron chi connectivity index (χ4n) is 3.53. The molecule has 1 heterocycles. The van der Waals surface area contributed by atoms with E-state index in [1.54, 1.807) is 6.07 Å². The lowest BCUT2D eigenvalue weighted by atomic mass is 10.1. The standard InChI is InChI=1S/C25H25Cl2N5/c1-31(2)13-12-29-24(28)18-9-11-23-22(15-18)30-25(19-8-10-20(26)21(27)14-19)32(23)16-17-6-4-3-5-7-17/h3-11,14-15H,12-13,16H2,1-2H3,(H2,28,29). The van der Waals surface area contributed by atoms with Crippen molar-refractivity contribution < 1.29 is 0 Å². The van der Waals surface area contributed by atoms with Crippen LogP contribution in [0.2, 0.25) is 10.0 Å². The number of halogens is 2. The largest absolute Gasteiger partial charge is 0.384 e. The molecule has 0 fully saturated rings. The van der Waals surface area contributed by atoms with E-state index in [1.807, 2.05) is 56.6 Å². The lowest BCUT2D eigenvalue weighted by Crippen LogP contribution is -2.19. The molecule has 0 saturated heterocycles. The number of fused-ring (bicyclic) bond motifs is 1. The van der Waals surface area contributed by atoms with E-state index in [-0.39, 0.29) is 0 Å².